The minimum atomic E-state index is -2.09. The smallest absolute Gasteiger partial charge is 0.407 e. The van der Waals surface area contributed by atoms with Gasteiger partial charge in [-0.05, 0) is 72.9 Å². The van der Waals surface area contributed by atoms with Crippen LogP contribution in [-0.4, -0.2) is 93.4 Å². The zero-order valence-corrected chi connectivity index (χ0v) is 28.2. The standard InChI is InChI=1S/C36H42N2O11/c1-23(2)27-18-25(12-14-29(27)47-21-44-3)33(40)37-31-20-38(35(42)43)17-9-16-36(31,49-34(41)24-10-7-6-8-11-24)32(39)28-19-26(46-5)13-15-30(28)48-22-45-4/h6-8,10-15,18-19,23,31H,9,16-17,20-22H2,1-5H3,(H,37,40)(H,42,43)/t31-,36-/m1/s1. The lowest BCUT2D eigenvalue weighted by Gasteiger charge is -2.39. The number of carboxylic acid groups (broad SMARTS) is 1. The molecule has 0 spiro atoms. The quantitative estimate of drug-likeness (QED) is 0.132. The molecule has 1 aliphatic heterocycles. The fourth-order valence-electron chi connectivity index (χ4n) is 5.67. The Hall–Kier alpha value is -5.14. The van der Waals surface area contributed by atoms with Gasteiger partial charge in [0.1, 0.15) is 17.2 Å². The van der Waals surface area contributed by atoms with Crippen molar-refractivity contribution in [1.82, 2.24) is 10.2 Å². The van der Waals surface area contributed by atoms with Crippen molar-refractivity contribution in [2.45, 2.75) is 44.2 Å². The molecule has 0 bridgehead atoms. The minimum Gasteiger partial charge on any atom is -0.497 e. The van der Waals surface area contributed by atoms with Crippen molar-refractivity contribution in [2.75, 3.05) is 48.0 Å². The van der Waals surface area contributed by atoms with E-state index in [-0.39, 0.29) is 67.9 Å². The first kappa shape index (κ1) is 36.7. The van der Waals surface area contributed by atoms with Crippen molar-refractivity contribution in [3.05, 3.63) is 89.0 Å². The van der Waals surface area contributed by atoms with Gasteiger partial charge in [0.15, 0.2) is 19.2 Å². The van der Waals surface area contributed by atoms with Crippen molar-refractivity contribution >= 4 is 23.8 Å². The summed E-state index contributed by atoms with van der Waals surface area (Å²) in [5.41, 5.74) is -0.990. The van der Waals surface area contributed by atoms with Gasteiger partial charge in [0.25, 0.3) is 5.91 Å². The summed E-state index contributed by atoms with van der Waals surface area (Å²) in [5.74, 6) is -1.25. The molecule has 0 aromatic heterocycles. The molecule has 4 rings (SSSR count). The Kier molecular flexibility index (Phi) is 12.6. The van der Waals surface area contributed by atoms with E-state index >= 15 is 0 Å². The Labute approximate surface area is 285 Å². The maximum Gasteiger partial charge on any atom is 0.407 e. The van der Waals surface area contributed by atoms with Gasteiger partial charge in [-0.25, -0.2) is 9.59 Å². The van der Waals surface area contributed by atoms with Crippen molar-refractivity contribution in [2.24, 2.45) is 0 Å². The van der Waals surface area contributed by atoms with Crippen LogP contribution < -0.4 is 19.5 Å². The average molecular weight is 679 g/mol. The van der Waals surface area contributed by atoms with E-state index in [0.717, 1.165) is 10.5 Å². The first-order chi connectivity index (χ1) is 23.5. The molecule has 49 heavy (non-hydrogen) atoms. The third kappa shape index (κ3) is 8.67. The number of nitrogens with one attached hydrogen (secondary N) is 1. The summed E-state index contributed by atoms with van der Waals surface area (Å²) < 4.78 is 33.1. The van der Waals surface area contributed by atoms with Gasteiger partial charge >= 0.3 is 12.1 Å². The molecule has 1 saturated heterocycles. The Morgan fingerprint density at radius 2 is 1.57 bits per heavy atom. The lowest BCUT2D eigenvalue weighted by molar-refractivity contribution is -0.0274. The number of hydrogen-bond acceptors (Lipinski definition) is 10. The number of esters is 1. The number of amides is 2. The fourth-order valence-corrected chi connectivity index (χ4v) is 5.67. The van der Waals surface area contributed by atoms with Gasteiger partial charge in [0, 0.05) is 32.9 Å². The topological polar surface area (TPSA) is 159 Å². The molecule has 0 unspecified atom stereocenters. The molecule has 2 N–H and O–H groups in total. The molecule has 0 aliphatic carbocycles. The molecule has 13 heteroatoms. The summed E-state index contributed by atoms with van der Waals surface area (Å²) in [6.07, 6.45) is -1.25. The van der Waals surface area contributed by atoms with Crippen molar-refractivity contribution in [3.63, 3.8) is 0 Å². The lowest BCUT2D eigenvalue weighted by atomic mass is 9.81. The average Bonchev–Trinajstić information content (AvgIpc) is 3.29. The van der Waals surface area contributed by atoms with E-state index in [0.29, 0.717) is 11.5 Å². The van der Waals surface area contributed by atoms with Crippen molar-refractivity contribution in [3.8, 4) is 17.2 Å². The van der Waals surface area contributed by atoms with Crippen LogP contribution in [0.1, 0.15) is 69.2 Å². The summed E-state index contributed by atoms with van der Waals surface area (Å²) in [5, 5.41) is 12.9. The summed E-state index contributed by atoms with van der Waals surface area (Å²) in [4.78, 5) is 56.3. The van der Waals surface area contributed by atoms with Crippen LogP contribution in [0.25, 0.3) is 0 Å². The van der Waals surface area contributed by atoms with Crippen molar-refractivity contribution in [1.29, 1.82) is 0 Å². The Morgan fingerprint density at radius 1 is 0.898 bits per heavy atom. The van der Waals surface area contributed by atoms with Gasteiger partial charge in [-0.1, -0.05) is 32.0 Å². The molecule has 2 amide bonds. The molecular formula is C36H42N2O11. The number of ketones is 1. The number of carbonyl (C=O) groups is 4. The zero-order valence-electron chi connectivity index (χ0n) is 28.2. The van der Waals surface area contributed by atoms with Gasteiger partial charge in [0.05, 0.1) is 24.3 Å². The number of likely N-dealkylation sites (tertiary alicyclic amines) is 1. The number of nitrogens with zero attached hydrogens (tertiary/aromatic N) is 1. The molecule has 1 fully saturated rings. The van der Waals surface area contributed by atoms with E-state index in [1.807, 2.05) is 13.8 Å². The number of Topliss-reactive ketones (excluding diaryl/α,β-unsaturated/α-hetero) is 1. The fraction of sp³-hybridized carbons (Fsp3) is 0.389. The van der Waals surface area contributed by atoms with E-state index in [9.17, 15) is 24.3 Å². The molecule has 2 atom stereocenters. The van der Waals surface area contributed by atoms with Gasteiger partial charge in [-0.3, -0.25) is 9.59 Å². The number of ether oxygens (including phenoxy) is 6. The molecule has 262 valence electrons. The van der Waals surface area contributed by atoms with Crippen LogP contribution in [0, 0.1) is 0 Å². The van der Waals surface area contributed by atoms with Gasteiger partial charge in [0.2, 0.25) is 5.78 Å². The van der Waals surface area contributed by atoms with Gasteiger partial charge in [-0.2, -0.15) is 0 Å². The van der Waals surface area contributed by atoms with Crippen LogP contribution in [0.4, 0.5) is 4.79 Å². The third-order valence-electron chi connectivity index (χ3n) is 8.18. The van der Waals surface area contributed by atoms with E-state index in [1.54, 1.807) is 42.5 Å². The number of carbonyl (C=O) groups excluding carboxylic acids is 3. The molecule has 0 radical (unpaired) electrons. The van der Waals surface area contributed by atoms with Crippen LogP contribution in [-0.2, 0) is 14.2 Å². The molecule has 1 heterocycles. The number of rotatable bonds is 14. The second kappa shape index (κ2) is 16.8. The largest absolute Gasteiger partial charge is 0.497 e. The SMILES string of the molecule is COCOc1ccc(OC)cc1C(=O)[C@@]1(OC(=O)c2ccccc2)CCCN(C(=O)O)C[C@H]1NC(=O)c1ccc(OCOC)c(C(C)C)c1. The molecule has 3 aromatic rings. The third-order valence-corrected chi connectivity index (χ3v) is 8.18. The molecule has 3 aromatic carbocycles. The van der Waals surface area contributed by atoms with Crippen LogP contribution in [0.2, 0.25) is 0 Å². The zero-order chi connectivity index (χ0) is 35.6. The second-order valence-electron chi connectivity index (χ2n) is 11.7. The predicted molar refractivity (Wildman–Crippen MR) is 178 cm³/mol. The molecule has 13 nitrogen and oxygen atoms in total. The van der Waals surface area contributed by atoms with E-state index < -0.39 is 35.4 Å². The Balaban J connectivity index is 1.87. The molecular weight excluding hydrogens is 636 g/mol. The van der Waals surface area contributed by atoms with Crippen LogP contribution in [0.15, 0.2) is 66.7 Å². The number of hydrogen-bond donors (Lipinski definition) is 2. The lowest BCUT2D eigenvalue weighted by Crippen LogP contribution is -2.62. The summed E-state index contributed by atoms with van der Waals surface area (Å²) in [6.45, 7) is 3.36. The Bertz CT molecular complexity index is 1630. The van der Waals surface area contributed by atoms with Crippen LogP contribution >= 0.6 is 0 Å². The monoisotopic (exact) mass is 678 g/mol. The summed E-state index contributed by atoms with van der Waals surface area (Å²) in [7, 11) is 4.35. The second-order valence-corrected chi connectivity index (χ2v) is 11.7. The van der Waals surface area contributed by atoms with Crippen LogP contribution in [0.3, 0.4) is 0 Å². The highest BCUT2D eigenvalue weighted by molar-refractivity contribution is 6.08. The number of methoxy groups -OCH3 is 3. The van der Waals surface area contributed by atoms with Crippen LogP contribution in [0.5, 0.6) is 17.2 Å². The highest BCUT2D eigenvalue weighted by Crippen LogP contribution is 2.37. The first-order valence-corrected chi connectivity index (χ1v) is 15.7. The number of benzene rings is 3. The molecule has 1 aliphatic rings. The maximum absolute atomic E-state index is 15.0. The molecule has 0 saturated carbocycles. The predicted octanol–water partition coefficient (Wildman–Crippen LogP) is 5.13. The first-order valence-electron chi connectivity index (χ1n) is 15.7. The minimum absolute atomic E-state index is 0.0100. The van der Waals surface area contributed by atoms with E-state index in [2.05, 4.69) is 5.32 Å². The normalized spacial score (nSPS) is 17.5. The summed E-state index contributed by atoms with van der Waals surface area (Å²) >= 11 is 0. The van der Waals surface area contributed by atoms with E-state index in [1.165, 1.54) is 45.6 Å². The van der Waals surface area contributed by atoms with E-state index in [4.69, 9.17) is 28.4 Å². The summed E-state index contributed by atoms with van der Waals surface area (Å²) in [6, 6.07) is 16.2. The Morgan fingerprint density at radius 3 is 2.20 bits per heavy atom. The van der Waals surface area contributed by atoms with Gasteiger partial charge < -0.3 is 43.7 Å². The highest BCUT2D eigenvalue weighted by Gasteiger charge is 2.53. The van der Waals surface area contributed by atoms with Gasteiger partial charge in [-0.15, -0.1) is 0 Å². The highest BCUT2D eigenvalue weighted by atomic mass is 16.7. The maximum atomic E-state index is 15.0. The van der Waals surface area contributed by atoms with Crippen molar-refractivity contribution < 1.29 is 52.7 Å².